The molecule has 0 aliphatic rings. The summed E-state index contributed by atoms with van der Waals surface area (Å²) in [5.74, 6) is -0.830. The molecule has 2 aromatic rings. The Hall–Kier alpha value is -3.35. The van der Waals surface area contributed by atoms with Crippen LogP contribution in [0.2, 0.25) is 0 Å². The van der Waals surface area contributed by atoms with Gasteiger partial charge in [-0.15, -0.1) is 0 Å². The van der Waals surface area contributed by atoms with Crippen molar-refractivity contribution in [3.8, 4) is 5.75 Å². The Morgan fingerprint density at radius 1 is 1.00 bits per heavy atom. The average molecular weight is 370 g/mol. The molecule has 7 heteroatoms. The van der Waals surface area contributed by atoms with E-state index in [2.05, 4.69) is 10.6 Å². The summed E-state index contributed by atoms with van der Waals surface area (Å²) in [4.78, 5) is 36.3. The second kappa shape index (κ2) is 9.38. The lowest BCUT2D eigenvalue weighted by molar-refractivity contribution is -0.124. The molecule has 2 rings (SSSR count). The topological polar surface area (TPSA) is 93.7 Å². The van der Waals surface area contributed by atoms with Gasteiger partial charge < -0.3 is 20.1 Å². The Balaban J connectivity index is 2.06. The Labute approximate surface area is 157 Å². The molecule has 2 amide bonds. The van der Waals surface area contributed by atoms with Gasteiger partial charge in [0.2, 0.25) is 0 Å². The van der Waals surface area contributed by atoms with Crippen molar-refractivity contribution >= 4 is 23.5 Å². The average Bonchev–Trinajstić information content (AvgIpc) is 2.66. The van der Waals surface area contributed by atoms with Crippen molar-refractivity contribution in [1.82, 2.24) is 5.32 Å². The fraction of sp³-hybridized carbons (Fsp3) is 0.250. The van der Waals surface area contributed by atoms with Crippen LogP contribution in [0.4, 0.5) is 5.69 Å². The highest BCUT2D eigenvalue weighted by molar-refractivity contribution is 6.08. The normalized spacial score (nSPS) is 10.2. The Morgan fingerprint density at radius 2 is 1.67 bits per heavy atom. The van der Waals surface area contributed by atoms with Crippen molar-refractivity contribution in [3.05, 3.63) is 59.7 Å². The fourth-order valence-corrected chi connectivity index (χ4v) is 2.28. The van der Waals surface area contributed by atoms with Gasteiger partial charge in [0.05, 0.1) is 18.4 Å². The summed E-state index contributed by atoms with van der Waals surface area (Å²) in [6.45, 7) is 3.23. The number of methoxy groups -OCH3 is 1. The van der Waals surface area contributed by atoms with E-state index in [9.17, 15) is 14.4 Å². The molecule has 0 aromatic heterocycles. The van der Waals surface area contributed by atoms with Crippen LogP contribution in [0.1, 0.15) is 34.6 Å². The van der Waals surface area contributed by atoms with Gasteiger partial charge in [0.1, 0.15) is 5.75 Å². The number of nitrogens with one attached hydrogen (secondary N) is 2. The quantitative estimate of drug-likeness (QED) is 0.731. The van der Waals surface area contributed by atoms with Crippen molar-refractivity contribution in [3.63, 3.8) is 0 Å². The molecule has 142 valence electrons. The van der Waals surface area contributed by atoms with Crippen LogP contribution >= 0.6 is 0 Å². The summed E-state index contributed by atoms with van der Waals surface area (Å²) in [6.07, 6.45) is 0. The summed E-state index contributed by atoms with van der Waals surface area (Å²) in [6, 6.07) is 13.0. The van der Waals surface area contributed by atoms with Crippen LogP contribution in [0.25, 0.3) is 0 Å². The van der Waals surface area contributed by atoms with E-state index in [-0.39, 0.29) is 17.5 Å². The maximum Gasteiger partial charge on any atom is 0.340 e. The molecule has 0 aliphatic carbocycles. The van der Waals surface area contributed by atoms with Gasteiger partial charge >= 0.3 is 5.97 Å². The predicted molar refractivity (Wildman–Crippen MR) is 101 cm³/mol. The number of esters is 1. The summed E-state index contributed by atoms with van der Waals surface area (Å²) < 4.78 is 10.1. The van der Waals surface area contributed by atoms with Crippen LogP contribution in [0.15, 0.2) is 48.5 Å². The molecule has 0 atom stereocenters. The van der Waals surface area contributed by atoms with E-state index in [1.54, 1.807) is 49.6 Å². The zero-order chi connectivity index (χ0) is 19.8. The number of carbonyl (C=O) groups is 3. The number of anilines is 1. The lowest BCUT2D eigenvalue weighted by Gasteiger charge is -2.12. The van der Waals surface area contributed by atoms with Crippen molar-refractivity contribution in [1.29, 1.82) is 0 Å². The van der Waals surface area contributed by atoms with Crippen LogP contribution in [0.3, 0.4) is 0 Å². The number of hydrogen-bond acceptors (Lipinski definition) is 5. The molecule has 0 bridgehead atoms. The number of rotatable bonds is 7. The first-order chi connectivity index (χ1) is 12.9. The van der Waals surface area contributed by atoms with Gasteiger partial charge in [0.25, 0.3) is 11.8 Å². The highest BCUT2D eigenvalue weighted by atomic mass is 16.5. The third-order valence-corrected chi connectivity index (χ3v) is 3.53. The third-order valence-electron chi connectivity index (χ3n) is 3.53. The first-order valence-corrected chi connectivity index (χ1v) is 8.41. The maximum atomic E-state index is 12.4. The molecule has 0 spiro atoms. The fourth-order valence-electron chi connectivity index (χ4n) is 2.28. The Kier molecular flexibility index (Phi) is 6.93. The van der Waals surface area contributed by atoms with E-state index >= 15 is 0 Å². The SMILES string of the molecule is COc1ccc(C(=O)Nc2ccccc2C(=O)OCC(=O)NC(C)C)cc1. The first-order valence-electron chi connectivity index (χ1n) is 8.41. The van der Waals surface area contributed by atoms with Crippen LogP contribution in [0.5, 0.6) is 5.75 Å². The number of hydrogen-bond donors (Lipinski definition) is 2. The summed E-state index contributed by atoms with van der Waals surface area (Å²) in [5, 5.41) is 5.32. The van der Waals surface area contributed by atoms with Gasteiger partial charge in [-0.3, -0.25) is 9.59 Å². The van der Waals surface area contributed by atoms with Gasteiger partial charge in [-0.25, -0.2) is 4.79 Å². The smallest absolute Gasteiger partial charge is 0.340 e. The van der Waals surface area contributed by atoms with E-state index in [0.717, 1.165) is 0 Å². The molecular formula is C20H22N2O5. The van der Waals surface area contributed by atoms with Crippen LogP contribution < -0.4 is 15.4 Å². The van der Waals surface area contributed by atoms with Gasteiger partial charge in [0, 0.05) is 11.6 Å². The van der Waals surface area contributed by atoms with Crippen molar-refractivity contribution < 1.29 is 23.9 Å². The molecule has 0 saturated heterocycles. The van der Waals surface area contributed by atoms with Crippen LogP contribution in [0, 0.1) is 0 Å². The first kappa shape index (κ1) is 20.0. The third kappa shape index (κ3) is 5.85. The molecule has 7 nitrogen and oxygen atoms in total. The molecule has 27 heavy (non-hydrogen) atoms. The molecule has 0 unspecified atom stereocenters. The molecule has 0 aliphatic heterocycles. The zero-order valence-electron chi connectivity index (χ0n) is 15.4. The largest absolute Gasteiger partial charge is 0.497 e. The highest BCUT2D eigenvalue weighted by Gasteiger charge is 2.16. The number of amides is 2. The standard InChI is InChI=1S/C20H22N2O5/c1-13(2)21-18(23)12-27-20(25)16-6-4-5-7-17(16)22-19(24)14-8-10-15(26-3)11-9-14/h4-11,13H,12H2,1-3H3,(H,21,23)(H,22,24). The number of carbonyl (C=O) groups excluding carboxylic acids is 3. The van der Waals surface area contributed by atoms with Crippen LogP contribution in [-0.2, 0) is 9.53 Å². The minimum Gasteiger partial charge on any atom is -0.497 e. The summed E-state index contributed by atoms with van der Waals surface area (Å²) in [7, 11) is 1.54. The van der Waals surface area contributed by atoms with Gasteiger partial charge in [-0.05, 0) is 50.2 Å². The molecule has 0 fully saturated rings. The minimum atomic E-state index is -0.695. The Morgan fingerprint density at radius 3 is 2.30 bits per heavy atom. The predicted octanol–water partition coefficient (Wildman–Crippen LogP) is 2.63. The van der Waals surface area contributed by atoms with Gasteiger partial charge in [-0.2, -0.15) is 0 Å². The molecule has 0 radical (unpaired) electrons. The van der Waals surface area contributed by atoms with Gasteiger partial charge in [-0.1, -0.05) is 12.1 Å². The van der Waals surface area contributed by atoms with E-state index < -0.39 is 18.5 Å². The van der Waals surface area contributed by atoms with Crippen molar-refractivity contribution in [2.45, 2.75) is 19.9 Å². The second-order valence-electron chi connectivity index (χ2n) is 6.03. The van der Waals surface area contributed by atoms with Gasteiger partial charge in [0.15, 0.2) is 6.61 Å². The molecule has 0 saturated carbocycles. The number of benzene rings is 2. The highest BCUT2D eigenvalue weighted by Crippen LogP contribution is 2.18. The maximum absolute atomic E-state index is 12.4. The number of para-hydroxylation sites is 1. The van der Waals surface area contributed by atoms with Crippen molar-refractivity contribution in [2.75, 3.05) is 19.0 Å². The zero-order valence-corrected chi connectivity index (χ0v) is 15.4. The van der Waals surface area contributed by atoms with E-state index in [0.29, 0.717) is 17.0 Å². The lowest BCUT2D eigenvalue weighted by Crippen LogP contribution is -2.34. The van der Waals surface area contributed by atoms with Crippen molar-refractivity contribution in [2.24, 2.45) is 0 Å². The summed E-state index contributed by atoms with van der Waals surface area (Å²) >= 11 is 0. The number of ether oxygens (including phenoxy) is 2. The molecule has 0 heterocycles. The van der Waals surface area contributed by atoms with E-state index in [4.69, 9.17) is 9.47 Å². The minimum absolute atomic E-state index is 0.0488. The van der Waals surface area contributed by atoms with E-state index in [1.807, 2.05) is 13.8 Å². The molecule has 2 N–H and O–H groups in total. The molecular weight excluding hydrogens is 348 g/mol. The molecule has 2 aromatic carbocycles. The Bertz CT molecular complexity index is 815. The summed E-state index contributed by atoms with van der Waals surface area (Å²) in [5.41, 5.74) is 0.875. The second-order valence-corrected chi connectivity index (χ2v) is 6.03. The lowest BCUT2D eigenvalue weighted by atomic mass is 10.1. The van der Waals surface area contributed by atoms with E-state index in [1.165, 1.54) is 6.07 Å². The monoisotopic (exact) mass is 370 g/mol. The van der Waals surface area contributed by atoms with Crippen LogP contribution in [-0.4, -0.2) is 37.5 Å².